The van der Waals surface area contributed by atoms with Crippen LogP contribution in [0.25, 0.3) is 22.3 Å². The number of pyridine rings is 2. The molecule has 5 rings (SSSR count). The summed E-state index contributed by atoms with van der Waals surface area (Å²) >= 11 is 0. The van der Waals surface area contributed by atoms with E-state index in [2.05, 4.69) is 15.3 Å². The molecule has 5 aromatic rings. The molecule has 7 heteroatoms. The minimum atomic E-state index is -0.225. The van der Waals surface area contributed by atoms with Crippen molar-refractivity contribution >= 4 is 17.3 Å². The first-order valence-electron chi connectivity index (χ1n) is 11.9. The summed E-state index contributed by atoms with van der Waals surface area (Å²) in [4.78, 5) is 20.8. The molecule has 190 valence electrons. The summed E-state index contributed by atoms with van der Waals surface area (Å²) in [6.45, 7) is 0. The molecule has 0 fully saturated rings. The summed E-state index contributed by atoms with van der Waals surface area (Å²) in [7, 11) is 3.10. The Bertz CT molecular complexity index is 1490. The molecule has 3 N–H and O–H groups in total. The number of anilines is 2. The third-order valence-electron chi connectivity index (χ3n) is 5.73. The van der Waals surface area contributed by atoms with Gasteiger partial charge in [-0.1, -0.05) is 48.5 Å². The second-order valence-corrected chi connectivity index (χ2v) is 8.14. The SMILES string of the molecule is COc1ccc(C(=O)Nc2ccccc2-c2cccnc2)cc1OC.Nc1ccccc1-c1cccnc1. The Kier molecular flexibility index (Phi) is 8.65. The van der Waals surface area contributed by atoms with Crippen LogP contribution in [0, 0.1) is 0 Å². The molecule has 0 unspecified atom stereocenters. The Balaban J connectivity index is 0.000000216. The summed E-state index contributed by atoms with van der Waals surface area (Å²) in [6, 6.07) is 28.2. The zero-order valence-corrected chi connectivity index (χ0v) is 21.2. The van der Waals surface area contributed by atoms with Crippen molar-refractivity contribution in [2.24, 2.45) is 0 Å². The number of ether oxygens (including phenoxy) is 2. The lowest BCUT2D eigenvalue weighted by Gasteiger charge is -2.12. The highest BCUT2D eigenvalue weighted by Gasteiger charge is 2.13. The molecule has 1 amide bonds. The first kappa shape index (κ1) is 25.9. The highest BCUT2D eigenvalue weighted by atomic mass is 16.5. The first-order valence-corrected chi connectivity index (χ1v) is 11.9. The van der Waals surface area contributed by atoms with Gasteiger partial charge in [0.05, 0.1) is 14.2 Å². The van der Waals surface area contributed by atoms with Crippen LogP contribution in [0.1, 0.15) is 10.4 Å². The van der Waals surface area contributed by atoms with Gasteiger partial charge in [-0.15, -0.1) is 0 Å². The Morgan fingerprint density at radius 2 is 1.32 bits per heavy atom. The predicted molar refractivity (Wildman–Crippen MR) is 151 cm³/mol. The van der Waals surface area contributed by atoms with Gasteiger partial charge in [-0.3, -0.25) is 14.8 Å². The second-order valence-electron chi connectivity index (χ2n) is 8.14. The van der Waals surface area contributed by atoms with Crippen LogP contribution in [-0.4, -0.2) is 30.1 Å². The van der Waals surface area contributed by atoms with Crippen LogP contribution >= 0.6 is 0 Å². The van der Waals surface area contributed by atoms with Crippen LogP contribution in [-0.2, 0) is 0 Å². The number of nitrogens with zero attached hydrogens (tertiary/aromatic N) is 2. The Hall–Kier alpha value is -5.17. The molecule has 0 spiro atoms. The summed E-state index contributed by atoms with van der Waals surface area (Å²) in [5, 5.41) is 2.95. The van der Waals surface area contributed by atoms with Gasteiger partial charge in [0, 0.05) is 64.0 Å². The molecular formula is C31H28N4O3. The lowest BCUT2D eigenvalue weighted by Crippen LogP contribution is -2.12. The lowest BCUT2D eigenvalue weighted by atomic mass is 10.1. The number of carbonyl (C=O) groups is 1. The third kappa shape index (κ3) is 6.33. The predicted octanol–water partition coefficient (Wildman–Crippen LogP) is 6.35. The van der Waals surface area contributed by atoms with Crippen LogP contribution < -0.4 is 20.5 Å². The number of nitrogens with one attached hydrogen (secondary N) is 1. The standard InChI is InChI=1S/C20H18N2O3.C11H10N2/c1-24-18-10-9-14(12-19(18)25-2)20(23)22-17-8-4-3-7-16(17)15-6-5-11-21-13-15;12-11-6-2-1-5-10(11)9-4-3-7-13-8-9/h3-13H,1-2H3,(H,22,23);1-8H,12H2. The number of nitrogen functional groups attached to an aromatic ring is 1. The molecule has 0 bridgehead atoms. The average molecular weight is 505 g/mol. The lowest BCUT2D eigenvalue weighted by molar-refractivity contribution is 0.102. The van der Waals surface area contributed by atoms with Crippen molar-refractivity contribution < 1.29 is 14.3 Å². The van der Waals surface area contributed by atoms with Crippen LogP contribution in [0.2, 0.25) is 0 Å². The van der Waals surface area contributed by atoms with Crippen molar-refractivity contribution in [1.82, 2.24) is 9.97 Å². The molecule has 38 heavy (non-hydrogen) atoms. The molecule has 0 radical (unpaired) electrons. The number of para-hydroxylation sites is 2. The summed E-state index contributed by atoms with van der Waals surface area (Å²) in [5.74, 6) is 0.864. The fourth-order valence-electron chi connectivity index (χ4n) is 3.82. The fraction of sp³-hybridized carbons (Fsp3) is 0.0645. The normalized spacial score (nSPS) is 10.1. The van der Waals surface area contributed by atoms with E-state index in [9.17, 15) is 4.79 Å². The van der Waals surface area contributed by atoms with E-state index in [1.165, 1.54) is 7.11 Å². The van der Waals surface area contributed by atoms with E-state index in [4.69, 9.17) is 15.2 Å². The van der Waals surface area contributed by atoms with Gasteiger partial charge in [0.1, 0.15) is 0 Å². The molecule has 3 aromatic carbocycles. The van der Waals surface area contributed by atoms with Crippen molar-refractivity contribution in [2.75, 3.05) is 25.3 Å². The largest absolute Gasteiger partial charge is 0.493 e. The molecule has 2 heterocycles. The molecule has 0 aliphatic rings. The van der Waals surface area contributed by atoms with Gasteiger partial charge >= 0.3 is 0 Å². The van der Waals surface area contributed by atoms with Crippen molar-refractivity contribution in [2.45, 2.75) is 0 Å². The van der Waals surface area contributed by atoms with Gasteiger partial charge in [0.2, 0.25) is 0 Å². The van der Waals surface area contributed by atoms with E-state index < -0.39 is 0 Å². The zero-order chi connectivity index (χ0) is 26.7. The highest BCUT2D eigenvalue weighted by molar-refractivity contribution is 6.06. The van der Waals surface area contributed by atoms with Crippen molar-refractivity contribution in [1.29, 1.82) is 0 Å². The minimum absolute atomic E-state index is 0.225. The Labute approximate surface area is 221 Å². The Morgan fingerprint density at radius 1 is 0.711 bits per heavy atom. The number of hydrogen-bond acceptors (Lipinski definition) is 6. The van der Waals surface area contributed by atoms with E-state index in [0.29, 0.717) is 17.1 Å². The van der Waals surface area contributed by atoms with Crippen LogP contribution in [0.5, 0.6) is 11.5 Å². The van der Waals surface area contributed by atoms with E-state index in [0.717, 1.165) is 33.6 Å². The maximum absolute atomic E-state index is 12.6. The number of carbonyl (C=O) groups excluding carboxylic acids is 1. The number of methoxy groups -OCH3 is 2. The van der Waals surface area contributed by atoms with Crippen molar-refractivity contribution in [3.8, 4) is 33.8 Å². The van der Waals surface area contributed by atoms with Gasteiger partial charge in [-0.25, -0.2) is 0 Å². The van der Waals surface area contributed by atoms with E-state index in [1.54, 1.807) is 43.9 Å². The quantitative estimate of drug-likeness (QED) is 0.262. The molecule has 7 nitrogen and oxygen atoms in total. The van der Waals surface area contributed by atoms with Crippen LogP contribution in [0.3, 0.4) is 0 Å². The summed E-state index contributed by atoms with van der Waals surface area (Å²) in [5.41, 5.74) is 11.8. The minimum Gasteiger partial charge on any atom is -0.493 e. The van der Waals surface area contributed by atoms with E-state index in [1.807, 2.05) is 79.0 Å². The topological polar surface area (TPSA) is 99.4 Å². The fourth-order valence-corrected chi connectivity index (χ4v) is 3.82. The van der Waals surface area contributed by atoms with Crippen molar-refractivity contribution in [3.05, 3.63) is 121 Å². The third-order valence-corrected chi connectivity index (χ3v) is 5.73. The van der Waals surface area contributed by atoms with E-state index >= 15 is 0 Å². The summed E-state index contributed by atoms with van der Waals surface area (Å²) < 4.78 is 10.5. The van der Waals surface area contributed by atoms with Crippen molar-refractivity contribution in [3.63, 3.8) is 0 Å². The number of amides is 1. The number of nitrogens with two attached hydrogens (primary N) is 1. The molecule has 0 aliphatic heterocycles. The summed E-state index contributed by atoms with van der Waals surface area (Å²) in [6.07, 6.45) is 7.05. The Morgan fingerprint density at radius 3 is 1.92 bits per heavy atom. The monoisotopic (exact) mass is 504 g/mol. The molecule has 0 saturated heterocycles. The van der Waals surface area contributed by atoms with Gasteiger partial charge in [0.25, 0.3) is 5.91 Å². The molecule has 2 aromatic heterocycles. The maximum Gasteiger partial charge on any atom is 0.255 e. The van der Waals surface area contributed by atoms with Crippen LogP contribution in [0.15, 0.2) is 116 Å². The molecule has 0 saturated carbocycles. The number of benzene rings is 3. The zero-order valence-electron chi connectivity index (χ0n) is 21.2. The van der Waals surface area contributed by atoms with Crippen LogP contribution in [0.4, 0.5) is 11.4 Å². The molecule has 0 aliphatic carbocycles. The van der Waals surface area contributed by atoms with Gasteiger partial charge in [-0.05, 0) is 42.5 Å². The van der Waals surface area contributed by atoms with E-state index in [-0.39, 0.29) is 5.91 Å². The van der Waals surface area contributed by atoms with Gasteiger partial charge < -0.3 is 20.5 Å². The number of aromatic nitrogens is 2. The molecule has 0 atom stereocenters. The number of hydrogen-bond donors (Lipinski definition) is 2. The molecular weight excluding hydrogens is 476 g/mol. The second kappa shape index (κ2) is 12.7. The maximum atomic E-state index is 12.6. The van der Waals surface area contributed by atoms with Gasteiger partial charge in [0.15, 0.2) is 11.5 Å². The van der Waals surface area contributed by atoms with Gasteiger partial charge in [-0.2, -0.15) is 0 Å². The first-order chi connectivity index (χ1) is 18.6. The number of rotatable bonds is 6. The highest BCUT2D eigenvalue weighted by Crippen LogP contribution is 2.30. The smallest absolute Gasteiger partial charge is 0.255 e. The average Bonchev–Trinajstić information content (AvgIpc) is 2.98.